The molecule has 2 radical (unpaired) electrons. The molecular weight excluding hydrogens is 1320 g/mol. The summed E-state index contributed by atoms with van der Waals surface area (Å²) in [4.78, 5) is 20.3. The zero-order valence-corrected chi connectivity index (χ0v) is 69.0. The Bertz CT molecular complexity index is 1070. The first-order chi connectivity index (χ1) is 40.7. The third-order valence-corrected chi connectivity index (χ3v) is 21.8. The van der Waals surface area contributed by atoms with Crippen LogP contribution in [0.25, 0.3) is 5.32 Å². The van der Waals surface area contributed by atoms with E-state index >= 15 is 0 Å². The van der Waals surface area contributed by atoms with Crippen LogP contribution in [0.4, 0.5) is 0 Å². The van der Waals surface area contributed by atoms with Crippen molar-refractivity contribution in [2.24, 2.45) is 0 Å². The summed E-state index contributed by atoms with van der Waals surface area (Å²) in [6, 6.07) is 0. The minimum Gasteiger partial charge on any atom is -0.0654 e. The quantitative estimate of drug-likeness (QED) is 0.0318. The molecule has 0 aliphatic rings. The van der Waals surface area contributed by atoms with Gasteiger partial charge in [-0.3, -0.25) is 0 Å². The molecule has 0 saturated heterocycles. The zero-order valence-electron chi connectivity index (χ0n) is 59.1. The summed E-state index contributed by atoms with van der Waals surface area (Å²) in [7, 11) is 4.28. The van der Waals surface area contributed by atoms with Gasteiger partial charge in [0, 0.05) is 0 Å². The molecule has 0 heterocycles. The van der Waals surface area contributed by atoms with Crippen molar-refractivity contribution < 1.29 is 56.2 Å². The summed E-state index contributed by atoms with van der Waals surface area (Å²) in [5.74, 6) is 0. The monoisotopic (exact) mass is 1480 g/mol. The molecule has 0 aliphatic carbocycles. The van der Waals surface area contributed by atoms with Crippen molar-refractivity contribution in [3.8, 4) is 0 Å². The van der Waals surface area contributed by atoms with Crippen LogP contribution in [-0.4, -0.2) is 195 Å². The van der Waals surface area contributed by atoms with Gasteiger partial charge < -0.3 is 0 Å². The number of likely N-dealkylation sites (N-methyl/N-ethyl adjacent to an activating group) is 1. The molecule has 0 spiro atoms. The van der Waals surface area contributed by atoms with Crippen molar-refractivity contribution in [1.29, 1.82) is 0 Å². The van der Waals surface area contributed by atoms with E-state index in [9.17, 15) is 4.79 Å². The molecule has 0 rings (SSSR count). The fraction of sp³-hybridized carbons (Fsp3) is 0.986. The number of carbonyl (C=O) groups is 1. The van der Waals surface area contributed by atoms with Crippen LogP contribution in [0, 0.1) is 0 Å². The van der Waals surface area contributed by atoms with Gasteiger partial charge in [-0.05, 0) is 0 Å². The maximum absolute atomic E-state index is 10.9. The molecule has 8 nitrogen and oxygen atoms in total. The average molecular weight is 1470 g/mol. The number of hydrogen-bond acceptors (Lipinski definition) is 7. The topological polar surface area (TPSA) is 77.0 Å². The maximum Gasteiger partial charge on any atom is 1.00 e. The molecule has 0 aromatic heterocycles. The number of nitrogens with one attached hydrogen (secondary N) is 3. The number of aldehydes is 1. The second kappa shape index (κ2) is 90.3. The van der Waals surface area contributed by atoms with Gasteiger partial charge in [-0.25, -0.2) is 0 Å². The number of carbonyl (C=O) groups excluding carboxylic acids is 1. The summed E-state index contributed by atoms with van der Waals surface area (Å²) in [6.45, 7) is 34.0. The van der Waals surface area contributed by atoms with Crippen LogP contribution in [0.2, 0.25) is 30.9 Å². The number of unbranched alkanes of at least 4 members (excludes halogenated alkanes) is 32. The summed E-state index contributed by atoms with van der Waals surface area (Å²) in [5.41, 5.74) is 0. The van der Waals surface area contributed by atoms with E-state index in [2.05, 4.69) is 132 Å². The van der Waals surface area contributed by atoms with Crippen molar-refractivity contribution in [2.45, 2.75) is 337 Å². The summed E-state index contributed by atoms with van der Waals surface area (Å²) in [5, 5.41) is 20.0. The molecule has 2 atom stereocenters. The molecule has 0 fully saturated rings. The normalized spacial score (nSPS) is 11.9. The van der Waals surface area contributed by atoms with Crippen LogP contribution >= 0.6 is 0 Å². The summed E-state index contributed by atoms with van der Waals surface area (Å²) in [6.07, 6.45) is 56.4. The Kier molecular flexibility index (Phi) is 103. The van der Waals surface area contributed by atoms with Gasteiger partial charge in [0.25, 0.3) is 0 Å². The number of rotatable bonds is 66. The van der Waals surface area contributed by atoms with Gasteiger partial charge in [0.2, 0.25) is 0 Å². The Morgan fingerprint density at radius 2 is 0.726 bits per heavy atom. The van der Waals surface area contributed by atoms with Gasteiger partial charge in [0.1, 0.15) is 0 Å². The van der Waals surface area contributed by atoms with Crippen LogP contribution in [0.3, 0.4) is 0 Å². The van der Waals surface area contributed by atoms with Crippen molar-refractivity contribution in [2.75, 3.05) is 112 Å². The third kappa shape index (κ3) is 91.5. The Morgan fingerprint density at radius 1 is 0.405 bits per heavy atom. The van der Waals surface area contributed by atoms with Crippen molar-refractivity contribution >= 4 is 68.2 Å². The Hall–Kier alpha value is 3.10. The largest absolute Gasteiger partial charge is 1.00 e. The molecule has 0 aromatic carbocycles. The first-order valence-corrected chi connectivity index (χ1v) is 43.2. The van der Waals surface area contributed by atoms with E-state index in [0.717, 1.165) is 148 Å². The molecule has 0 amide bonds. The second-order valence-electron chi connectivity index (χ2n) is 24.2. The molecule has 84 heavy (non-hydrogen) atoms. The van der Waals surface area contributed by atoms with Crippen LogP contribution < -0.4 is 67.3 Å². The maximum atomic E-state index is 10.9. The van der Waals surface area contributed by atoms with Gasteiger partial charge in [0.05, 0.1) is 0 Å². The van der Waals surface area contributed by atoms with E-state index in [1.807, 2.05) is 0 Å². The number of nitrogens with zero attached hydrogens (tertiary/aromatic N) is 4. The average Bonchev–Trinajstić information content (AvgIpc) is 3.50. The Balaban J connectivity index is -0.000000400. The van der Waals surface area contributed by atoms with Gasteiger partial charge in [-0.1, -0.05) is 156 Å². The third-order valence-electron chi connectivity index (χ3n) is 15.7. The fourth-order valence-corrected chi connectivity index (χ4v) is 14.8. The van der Waals surface area contributed by atoms with Crippen molar-refractivity contribution in [3.05, 3.63) is 5.32 Å². The molecule has 0 bridgehead atoms. The first kappa shape index (κ1) is 95.8. The van der Waals surface area contributed by atoms with E-state index in [-0.39, 0.29) is 51.4 Å². The van der Waals surface area contributed by atoms with Crippen molar-refractivity contribution in [1.82, 2.24) is 30.7 Å². The Labute approximate surface area is 602 Å². The second-order valence-corrected chi connectivity index (χ2v) is 32.4. The number of hydrogen-bond donors (Lipinski definition) is 3. The fourth-order valence-electron chi connectivity index (χ4n) is 9.93. The smallest absolute Gasteiger partial charge is 0.0654 e. The SMILES string of the molecule is CCCCCCCCCCC(C)[Se]CCNC.CCCCCCCCCCC(C)[Se]CC[N-]CCN(CCNCC[Se])CCN(C)CCN(CCC=O)CCNCC[Se].CCCCCCCCCCCC.CCCCCCCCCCCC.[K+]. The molecule has 3 N–H and O–H groups in total. The predicted molar refractivity (Wildman–Crippen MR) is 384 cm³/mol. The minimum absolute atomic E-state index is 0. The van der Waals surface area contributed by atoms with E-state index in [0.29, 0.717) is 6.42 Å². The molecular formula is C71H152KN7OSe4. The zero-order chi connectivity index (χ0) is 61.8. The van der Waals surface area contributed by atoms with Crippen LogP contribution in [0.15, 0.2) is 0 Å². The van der Waals surface area contributed by atoms with E-state index in [4.69, 9.17) is 5.32 Å². The van der Waals surface area contributed by atoms with Crippen LogP contribution in [0.5, 0.6) is 0 Å². The summed E-state index contributed by atoms with van der Waals surface area (Å²) >= 11 is 7.73. The van der Waals surface area contributed by atoms with Gasteiger partial charge >= 0.3 is 453 Å². The summed E-state index contributed by atoms with van der Waals surface area (Å²) < 4.78 is 0. The molecule has 2 unspecified atom stereocenters. The van der Waals surface area contributed by atoms with E-state index in [1.165, 1.54) is 261 Å². The molecule has 13 heteroatoms. The first-order valence-electron chi connectivity index (χ1n) is 36.4. The van der Waals surface area contributed by atoms with Gasteiger partial charge in [-0.15, -0.1) is 0 Å². The van der Waals surface area contributed by atoms with Gasteiger partial charge in [0.15, 0.2) is 0 Å². The molecule has 0 aromatic rings. The molecule has 502 valence electrons. The van der Waals surface area contributed by atoms with Crippen LogP contribution in [0.1, 0.15) is 306 Å². The Morgan fingerprint density at radius 3 is 1.05 bits per heavy atom. The predicted octanol–water partition coefficient (Wildman–Crippen LogP) is 15.8. The van der Waals surface area contributed by atoms with E-state index < -0.39 is 0 Å². The van der Waals surface area contributed by atoms with Crippen LogP contribution in [-0.2, 0) is 4.79 Å². The van der Waals surface area contributed by atoms with Crippen molar-refractivity contribution in [3.63, 3.8) is 0 Å². The minimum atomic E-state index is 0. The standard InChI is InChI=1S/C32H67N6OSe3.C15H33NSe.2C12H26.K/c1-4-5-6-7-8-9-10-11-13-32(2)42-31-19-35-16-23-38(22-15-34-18-30-41)27-25-36(3)24-26-37(20-12-28-39)21-14-33-17-29-40;1-4-5-6-7-8-9-10-11-12-15(2)17-14-13-16-3;2*1-3-5-7-9-11-12-10-8-6-4-2;/h28,32-34H,4-27,29-31H2,1-3H3;15-16H,4-14H2,1-3H3;2*3-12H2,1-2H3;/q-1;;;;+1. The van der Waals surface area contributed by atoms with E-state index in [1.54, 1.807) is 0 Å². The van der Waals surface area contributed by atoms with Gasteiger partial charge in [-0.2, -0.15) is 0 Å². The molecule has 0 aliphatic heterocycles. The molecule has 0 saturated carbocycles.